The topological polar surface area (TPSA) is 96.9 Å². The first-order valence-electron chi connectivity index (χ1n) is 6.65. The van der Waals surface area contributed by atoms with E-state index in [0.29, 0.717) is 13.0 Å². The van der Waals surface area contributed by atoms with Gasteiger partial charge >= 0.3 is 0 Å². The Balaban J connectivity index is 1.86. The van der Waals surface area contributed by atoms with Crippen molar-refractivity contribution in [2.45, 2.75) is 25.9 Å². The second kappa shape index (κ2) is 6.27. The van der Waals surface area contributed by atoms with E-state index in [2.05, 4.69) is 10.5 Å². The Hall–Kier alpha value is -2.24. The highest BCUT2D eigenvalue weighted by Gasteiger charge is 2.25. The minimum absolute atomic E-state index is 0.0684. The molecule has 0 saturated heterocycles. The number of amidine groups is 1. The summed E-state index contributed by atoms with van der Waals surface area (Å²) in [6, 6.07) is 7.82. The SMILES string of the molecule is CCC(C(=O)NCC1Cc2ccccc2O1)C(N)=NO. The Bertz CT molecular complexity index is 491. The van der Waals surface area contributed by atoms with Crippen molar-refractivity contribution in [1.82, 2.24) is 5.32 Å². The highest BCUT2D eigenvalue weighted by atomic mass is 16.5. The predicted octanol–water partition coefficient (Wildman–Crippen LogP) is 0.879. The van der Waals surface area contributed by atoms with E-state index in [0.717, 1.165) is 17.7 Å². The number of oxime groups is 1. The number of nitrogens with two attached hydrogens (primary N) is 1. The first kappa shape index (κ1) is 14.2. The van der Waals surface area contributed by atoms with Crippen LogP contribution in [0.15, 0.2) is 29.4 Å². The van der Waals surface area contributed by atoms with Crippen molar-refractivity contribution in [3.8, 4) is 5.75 Å². The lowest BCUT2D eigenvalue weighted by atomic mass is 10.0. The molecule has 2 unspecified atom stereocenters. The van der Waals surface area contributed by atoms with Crippen LogP contribution in [0.3, 0.4) is 0 Å². The maximum Gasteiger partial charge on any atom is 0.230 e. The molecule has 2 atom stereocenters. The van der Waals surface area contributed by atoms with Gasteiger partial charge in [-0.3, -0.25) is 4.79 Å². The average Bonchev–Trinajstić information content (AvgIpc) is 2.88. The smallest absolute Gasteiger partial charge is 0.230 e. The van der Waals surface area contributed by atoms with E-state index in [1.165, 1.54) is 0 Å². The standard InChI is InChI=1S/C14H19N3O3/c1-2-11(13(15)17-19)14(18)16-8-10-7-9-5-3-4-6-12(9)20-10/h3-6,10-11,19H,2,7-8H2,1H3,(H2,15,17)(H,16,18). The van der Waals surface area contributed by atoms with Gasteiger partial charge in [0.15, 0.2) is 5.84 Å². The Morgan fingerprint density at radius 3 is 3.00 bits per heavy atom. The highest BCUT2D eigenvalue weighted by molar-refractivity contribution is 6.01. The minimum Gasteiger partial charge on any atom is -0.488 e. The largest absolute Gasteiger partial charge is 0.488 e. The van der Waals surface area contributed by atoms with Crippen LogP contribution in [0.25, 0.3) is 0 Å². The fourth-order valence-electron chi connectivity index (χ4n) is 2.30. The van der Waals surface area contributed by atoms with Crippen molar-refractivity contribution in [2.24, 2.45) is 16.8 Å². The molecule has 6 nitrogen and oxygen atoms in total. The number of benzene rings is 1. The molecule has 0 bridgehead atoms. The molecular weight excluding hydrogens is 258 g/mol. The molecule has 1 aliphatic heterocycles. The van der Waals surface area contributed by atoms with Gasteiger partial charge in [0.05, 0.1) is 12.5 Å². The number of hydrogen-bond acceptors (Lipinski definition) is 4. The van der Waals surface area contributed by atoms with E-state index in [-0.39, 0.29) is 17.8 Å². The van der Waals surface area contributed by atoms with Gasteiger partial charge in [-0.2, -0.15) is 0 Å². The highest BCUT2D eigenvalue weighted by Crippen LogP contribution is 2.27. The summed E-state index contributed by atoms with van der Waals surface area (Å²) >= 11 is 0. The molecular formula is C14H19N3O3. The van der Waals surface area contributed by atoms with Crippen molar-refractivity contribution in [2.75, 3.05) is 6.54 Å². The molecule has 4 N–H and O–H groups in total. The first-order chi connectivity index (χ1) is 9.65. The monoisotopic (exact) mass is 277 g/mol. The second-order valence-corrected chi connectivity index (χ2v) is 4.78. The normalized spacial score (nSPS) is 19.1. The molecule has 0 aliphatic carbocycles. The molecule has 0 spiro atoms. The van der Waals surface area contributed by atoms with Gasteiger partial charge in [0.25, 0.3) is 0 Å². The molecule has 1 aliphatic rings. The summed E-state index contributed by atoms with van der Waals surface area (Å²) in [5, 5.41) is 14.3. The lowest BCUT2D eigenvalue weighted by Crippen LogP contribution is -2.42. The molecule has 0 saturated carbocycles. The van der Waals surface area contributed by atoms with E-state index in [1.807, 2.05) is 31.2 Å². The van der Waals surface area contributed by atoms with Crippen LogP contribution in [-0.4, -0.2) is 29.6 Å². The summed E-state index contributed by atoms with van der Waals surface area (Å²) in [5.74, 6) is -0.0537. The van der Waals surface area contributed by atoms with Crippen LogP contribution in [0, 0.1) is 5.92 Å². The zero-order valence-electron chi connectivity index (χ0n) is 11.4. The third-order valence-electron chi connectivity index (χ3n) is 3.42. The third-order valence-corrected chi connectivity index (χ3v) is 3.42. The number of rotatable bonds is 5. The van der Waals surface area contributed by atoms with E-state index in [1.54, 1.807) is 0 Å². The molecule has 0 radical (unpaired) electrons. The van der Waals surface area contributed by atoms with Gasteiger partial charge in [0.2, 0.25) is 5.91 Å². The van der Waals surface area contributed by atoms with E-state index >= 15 is 0 Å². The fourth-order valence-corrected chi connectivity index (χ4v) is 2.30. The molecule has 1 amide bonds. The van der Waals surface area contributed by atoms with Gasteiger partial charge < -0.3 is 21.0 Å². The third kappa shape index (κ3) is 3.01. The number of amides is 1. The quantitative estimate of drug-likeness (QED) is 0.322. The number of hydrogen-bond donors (Lipinski definition) is 3. The molecule has 1 heterocycles. The van der Waals surface area contributed by atoms with Gasteiger partial charge in [-0.25, -0.2) is 0 Å². The van der Waals surface area contributed by atoms with Crippen LogP contribution in [0.1, 0.15) is 18.9 Å². The van der Waals surface area contributed by atoms with Crippen LogP contribution in [0.2, 0.25) is 0 Å². The zero-order chi connectivity index (χ0) is 14.5. The van der Waals surface area contributed by atoms with Crippen molar-refractivity contribution < 1.29 is 14.7 Å². The van der Waals surface area contributed by atoms with Gasteiger partial charge in [0.1, 0.15) is 11.9 Å². The molecule has 0 fully saturated rings. The van der Waals surface area contributed by atoms with Gasteiger partial charge in [-0.15, -0.1) is 0 Å². The Morgan fingerprint density at radius 1 is 1.60 bits per heavy atom. The van der Waals surface area contributed by atoms with Gasteiger partial charge in [-0.05, 0) is 18.1 Å². The summed E-state index contributed by atoms with van der Waals surface area (Å²) < 4.78 is 5.73. The molecule has 1 aromatic rings. The fraction of sp³-hybridized carbons (Fsp3) is 0.429. The first-order valence-corrected chi connectivity index (χ1v) is 6.65. The second-order valence-electron chi connectivity index (χ2n) is 4.78. The summed E-state index contributed by atoms with van der Waals surface area (Å²) in [7, 11) is 0. The Kier molecular flexibility index (Phi) is 4.45. The molecule has 108 valence electrons. The van der Waals surface area contributed by atoms with Crippen LogP contribution in [-0.2, 0) is 11.2 Å². The molecule has 6 heteroatoms. The Labute approximate surface area is 117 Å². The van der Waals surface area contributed by atoms with Crippen LogP contribution >= 0.6 is 0 Å². The summed E-state index contributed by atoms with van der Waals surface area (Å²) in [6.45, 7) is 2.22. The number of nitrogens with one attached hydrogen (secondary N) is 1. The minimum atomic E-state index is -0.608. The van der Waals surface area contributed by atoms with E-state index < -0.39 is 5.92 Å². The Morgan fingerprint density at radius 2 is 2.35 bits per heavy atom. The summed E-state index contributed by atoms with van der Waals surface area (Å²) in [6.07, 6.45) is 1.19. The molecule has 1 aromatic carbocycles. The molecule has 20 heavy (non-hydrogen) atoms. The average molecular weight is 277 g/mol. The lowest BCUT2D eigenvalue weighted by molar-refractivity contribution is -0.123. The number of para-hydroxylation sites is 1. The van der Waals surface area contributed by atoms with Crippen molar-refractivity contribution in [3.05, 3.63) is 29.8 Å². The number of nitrogens with zero attached hydrogens (tertiary/aromatic N) is 1. The van der Waals surface area contributed by atoms with E-state index in [9.17, 15) is 4.79 Å². The van der Waals surface area contributed by atoms with Crippen LogP contribution in [0.4, 0.5) is 0 Å². The number of carbonyl (C=O) groups excluding carboxylic acids is 1. The summed E-state index contributed by atoms with van der Waals surface area (Å²) in [5.41, 5.74) is 6.64. The van der Waals surface area contributed by atoms with Crippen molar-refractivity contribution in [3.63, 3.8) is 0 Å². The maximum absolute atomic E-state index is 12.0. The molecule has 0 aromatic heterocycles. The number of ether oxygens (including phenoxy) is 1. The maximum atomic E-state index is 12.0. The molecule has 2 rings (SSSR count). The summed E-state index contributed by atoms with van der Waals surface area (Å²) in [4.78, 5) is 12.0. The lowest BCUT2D eigenvalue weighted by Gasteiger charge is -2.16. The zero-order valence-corrected chi connectivity index (χ0v) is 11.4. The van der Waals surface area contributed by atoms with Crippen molar-refractivity contribution in [1.29, 1.82) is 0 Å². The number of fused-ring (bicyclic) bond motifs is 1. The van der Waals surface area contributed by atoms with E-state index in [4.69, 9.17) is 15.7 Å². The van der Waals surface area contributed by atoms with Gasteiger partial charge in [-0.1, -0.05) is 30.3 Å². The predicted molar refractivity (Wildman–Crippen MR) is 74.8 cm³/mol. The van der Waals surface area contributed by atoms with Gasteiger partial charge in [0, 0.05) is 6.42 Å². The van der Waals surface area contributed by atoms with Crippen LogP contribution in [0.5, 0.6) is 5.75 Å². The van der Waals surface area contributed by atoms with Crippen molar-refractivity contribution >= 4 is 11.7 Å². The number of carbonyl (C=O) groups is 1. The van der Waals surface area contributed by atoms with Crippen LogP contribution < -0.4 is 15.8 Å².